The molecule has 2 N–H and O–H groups in total. The second kappa shape index (κ2) is 5.53. The topological polar surface area (TPSA) is 38.5 Å². The molecule has 6 heteroatoms. The summed E-state index contributed by atoms with van der Waals surface area (Å²) in [6, 6.07) is 7.80. The third kappa shape index (κ3) is 2.20. The zero-order valence-electron chi connectivity index (χ0n) is 11.9. The molecule has 0 bridgehead atoms. The minimum atomic E-state index is -1.44. The predicted molar refractivity (Wildman–Crippen MR) is 77.3 cm³/mol. The maximum absolute atomic E-state index is 14.0. The van der Waals surface area contributed by atoms with Crippen LogP contribution in [0.2, 0.25) is 0 Å². The second-order valence-electron chi connectivity index (χ2n) is 5.14. The Hall–Kier alpha value is -2.21. The summed E-state index contributed by atoms with van der Waals surface area (Å²) >= 11 is 0. The zero-order chi connectivity index (χ0) is 15.9. The van der Waals surface area contributed by atoms with E-state index < -0.39 is 23.5 Å². The molecule has 0 saturated heterocycles. The van der Waals surface area contributed by atoms with Gasteiger partial charge in [0.15, 0.2) is 17.5 Å². The Labute approximate surface area is 126 Å². The average molecular weight is 308 g/mol. The zero-order valence-corrected chi connectivity index (χ0v) is 11.9. The molecule has 22 heavy (non-hydrogen) atoms. The van der Waals surface area contributed by atoms with Crippen LogP contribution in [0, 0.1) is 17.5 Å². The number of hydrogen-bond acceptors (Lipinski definition) is 3. The van der Waals surface area contributed by atoms with Gasteiger partial charge in [-0.2, -0.15) is 0 Å². The first-order chi connectivity index (χ1) is 10.6. The summed E-state index contributed by atoms with van der Waals surface area (Å²) in [6.45, 7) is 0.294. The van der Waals surface area contributed by atoms with Crippen molar-refractivity contribution in [2.24, 2.45) is 5.73 Å². The predicted octanol–water partition coefficient (Wildman–Crippen LogP) is 3.13. The standard InChI is InChI=1S/C16H15F3N2O/c1-22-10-4-2-3-9(5-10)21-8-12-11(14(21)7-20)6-13(17)16(19)15(12)18/h2-6,14H,7-8,20H2,1H3. The molecular formula is C16H15F3N2O. The van der Waals surface area contributed by atoms with Crippen molar-refractivity contribution in [3.8, 4) is 5.75 Å². The monoisotopic (exact) mass is 308 g/mol. The quantitative estimate of drug-likeness (QED) is 0.885. The van der Waals surface area contributed by atoms with Crippen LogP contribution in [0.3, 0.4) is 0 Å². The molecule has 1 aliphatic heterocycles. The lowest BCUT2D eigenvalue weighted by molar-refractivity contribution is 0.414. The largest absolute Gasteiger partial charge is 0.497 e. The minimum absolute atomic E-state index is 0.132. The molecule has 0 radical (unpaired) electrons. The molecule has 1 aliphatic rings. The lowest BCUT2D eigenvalue weighted by Crippen LogP contribution is -2.27. The van der Waals surface area contributed by atoms with Gasteiger partial charge in [0.2, 0.25) is 0 Å². The van der Waals surface area contributed by atoms with Crippen LogP contribution >= 0.6 is 0 Å². The number of halogens is 3. The number of hydrogen-bond donors (Lipinski definition) is 1. The van der Waals surface area contributed by atoms with Gasteiger partial charge in [-0.15, -0.1) is 0 Å². The summed E-state index contributed by atoms with van der Waals surface area (Å²) in [7, 11) is 1.54. The second-order valence-corrected chi connectivity index (χ2v) is 5.14. The molecule has 0 saturated carbocycles. The van der Waals surface area contributed by atoms with Gasteiger partial charge in [-0.1, -0.05) is 6.07 Å². The van der Waals surface area contributed by atoms with E-state index >= 15 is 0 Å². The third-order valence-corrected chi connectivity index (χ3v) is 3.97. The fourth-order valence-electron chi connectivity index (χ4n) is 2.87. The fourth-order valence-corrected chi connectivity index (χ4v) is 2.87. The molecule has 3 nitrogen and oxygen atoms in total. The molecule has 0 aromatic heterocycles. The molecule has 116 valence electrons. The molecule has 0 aliphatic carbocycles. The Morgan fingerprint density at radius 1 is 1.23 bits per heavy atom. The molecule has 1 heterocycles. The van der Waals surface area contributed by atoms with Crippen molar-refractivity contribution in [2.45, 2.75) is 12.6 Å². The van der Waals surface area contributed by atoms with Gasteiger partial charge in [0.25, 0.3) is 0 Å². The van der Waals surface area contributed by atoms with Crippen LogP contribution in [0.5, 0.6) is 5.75 Å². The summed E-state index contributed by atoms with van der Waals surface area (Å²) in [5.74, 6) is -3.13. The number of anilines is 1. The Bertz CT molecular complexity index is 721. The van der Waals surface area contributed by atoms with E-state index in [1.54, 1.807) is 25.3 Å². The molecule has 3 rings (SSSR count). The van der Waals surface area contributed by atoms with Gasteiger partial charge in [-0.25, -0.2) is 13.2 Å². The summed E-state index contributed by atoms with van der Waals surface area (Å²) in [4.78, 5) is 1.81. The van der Waals surface area contributed by atoms with E-state index in [4.69, 9.17) is 10.5 Å². The van der Waals surface area contributed by atoms with E-state index in [0.29, 0.717) is 11.3 Å². The van der Waals surface area contributed by atoms with Crippen molar-refractivity contribution < 1.29 is 17.9 Å². The SMILES string of the molecule is COc1cccc(N2Cc3c(cc(F)c(F)c3F)C2CN)c1. The number of nitrogens with two attached hydrogens (primary N) is 1. The van der Waals surface area contributed by atoms with Crippen LogP contribution in [-0.4, -0.2) is 13.7 Å². The van der Waals surface area contributed by atoms with Crippen molar-refractivity contribution in [1.29, 1.82) is 0 Å². The number of ether oxygens (including phenoxy) is 1. The molecule has 0 spiro atoms. The molecular weight excluding hydrogens is 293 g/mol. The lowest BCUT2D eigenvalue weighted by atomic mass is 10.0. The van der Waals surface area contributed by atoms with Crippen LogP contribution < -0.4 is 15.4 Å². The van der Waals surface area contributed by atoms with E-state index in [-0.39, 0.29) is 18.7 Å². The van der Waals surface area contributed by atoms with E-state index in [9.17, 15) is 13.2 Å². The van der Waals surface area contributed by atoms with Crippen LogP contribution in [0.1, 0.15) is 17.2 Å². The number of rotatable bonds is 3. The van der Waals surface area contributed by atoms with Crippen molar-refractivity contribution >= 4 is 5.69 Å². The average Bonchev–Trinajstić information content (AvgIpc) is 2.91. The number of fused-ring (bicyclic) bond motifs is 1. The molecule has 0 fully saturated rings. The lowest BCUT2D eigenvalue weighted by Gasteiger charge is -2.26. The van der Waals surface area contributed by atoms with Gasteiger partial charge < -0.3 is 15.4 Å². The highest BCUT2D eigenvalue weighted by Gasteiger charge is 2.34. The highest BCUT2D eigenvalue weighted by Crippen LogP contribution is 2.40. The Balaban J connectivity index is 2.07. The maximum atomic E-state index is 14.0. The van der Waals surface area contributed by atoms with Crippen LogP contribution in [0.4, 0.5) is 18.9 Å². The van der Waals surface area contributed by atoms with E-state index in [2.05, 4.69) is 0 Å². The van der Waals surface area contributed by atoms with Gasteiger partial charge in [0.1, 0.15) is 5.75 Å². The molecule has 0 amide bonds. The Morgan fingerprint density at radius 2 is 2.00 bits per heavy atom. The van der Waals surface area contributed by atoms with E-state index in [1.165, 1.54) is 0 Å². The molecule has 2 aromatic rings. The van der Waals surface area contributed by atoms with Gasteiger partial charge >= 0.3 is 0 Å². The van der Waals surface area contributed by atoms with Crippen molar-refractivity contribution in [3.05, 3.63) is 58.9 Å². The fraction of sp³-hybridized carbons (Fsp3) is 0.250. The van der Waals surface area contributed by atoms with Gasteiger partial charge in [0.05, 0.1) is 13.2 Å². The highest BCUT2D eigenvalue weighted by molar-refractivity contribution is 5.57. The Morgan fingerprint density at radius 3 is 2.68 bits per heavy atom. The molecule has 1 atom stereocenters. The van der Waals surface area contributed by atoms with Crippen LogP contribution in [-0.2, 0) is 6.54 Å². The summed E-state index contributed by atoms with van der Waals surface area (Å²) in [5.41, 5.74) is 7.07. The molecule has 1 unspecified atom stereocenters. The maximum Gasteiger partial charge on any atom is 0.194 e. The first-order valence-electron chi connectivity index (χ1n) is 6.83. The van der Waals surface area contributed by atoms with E-state index in [1.807, 2.05) is 11.0 Å². The summed E-state index contributed by atoms with van der Waals surface area (Å²) in [6.07, 6.45) is 0. The van der Waals surface area contributed by atoms with Crippen molar-refractivity contribution in [3.63, 3.8) is 0 Å². The highest BCUT2D eigenvalue weighted by atomic mass is 19.2. The number of methoxy groups -OCH3 is 1. The minimum Gasteiger partial charge on any atom is -0.497 e. The number of benzene rings is 2. The summed E-state index contributed by atoms with van der Waals surface area (Å²) in [5, 5.41) is 0. The van der Waals surface area contributed by atoms with Crippen molar-refractivity contribution in [1.82, 2.24) is 0 Å². The smallest absolute Gasteiger partial charge is 0.194 e. The first-order valence-corrected chi connectivity index (χ1v) is 6.83. The third-order valence-electron chi connectivity index (χ3n) is 3.97. The Kier molecular flexibility index (Phi) is 3.70. The van der Waals surface area contributed by atoms with E-state index in [0.717, 1.165) is 11.8 Å². The molecule has 2 aromatic carbocycles. The normalized spacial score (nSPS) is 16.8. The summed E-state index contributed by atoms with van der Waals surface area (Å²) < 4.78 is 46.1. The van der Waals surface area contributed by atoms with Crippen molar-refractivity contribution in [2.75, 3.05) is 18.6 Å². The van der Waals surface area contributed by atoms with Gasteiger partial charge in [-0.05, 0) is 23.8 Å². The van der Waals surface area contributed by atoms with Gasteiger partial charge in [0, 0.05) is 30.4 Å². The van der Waals surface area contributed by atoms with Gasteiger partial charge in [-0.3, -0.25) is 0 Å². The first kappa shape index (κ1) is 14.7. The van der Waals surface area contributed by atoms with Crippen LogP contribution in [0.25, 0.3) is 0 Å². The van der Waals surface area contributed by atoms with Crippen LogP contribution in [0.15, 0.2) is 30.3 Å². The number of nitrogens with zero attached hydrogens (tertiary/aromatic N) is 1.